The Kier molecular flexibility index (Phi) is 104. The van der Waals surface area contributed by atoms with E-state index in [0.29, 0.717) is 0 Å². The SMILES string of the molecule is [GaH3].[Gd].[GeH4].[H-].[Na+]. The topological polar surface area (TPSA) is 0 Å². The standard InChI is InChI=1S/Ga.Gd.GeH4.Na.4H/h;;1H4;;;;;/q;;;+1;;;;-1. The summed E-state index contributed by atoms with van der Waals surface area (Å²) in [4.78, 5) is 0. The van der Waals surface area contributed by atoms with Gasteiger partial charge in [-0.2, -0.15) is 0 Å². The Labute approximate surface area is 106 Å². The second kappa shape index (κ2) is 16.0. The summed E-state index contributed by atoms with van der Waals surface area (Å²) in [6.45, 7) is 0. The first-order valence-electron chi connectivity index (χ1n) is 0. The quantitative estimate of drug-likeness (QED) is 0.389. The second-order valence-corrected chi connectivity index (χ2v) is 0. The van der Waals surface area contributed by atoms with Crippen molar-refractivity contribution in [1.29, 1.82) is 0 Å². The zero-order valence-electron chi connectivity index (χ0n) is 2.35. The maximum atomic E-state index is 0. The van der Waals surface area contributed by atoms with Crippen molar-refractivity contribution in [3.8, 4) is 0 Å². The van der Waals surface area contributed by atoms with E-state index in [1.807, 2.05) is 0 Å². The van der Waals surface area contributed by atoms with Crippen LogP contribution in [0.3, 0.4) is 0 Å². The number of hydrogen-bond donors (Lipinski definition) is 0. The number of hydrogen-bond acceptors (Lipinski definition) is 0. The van der Waals surface area contributed by atoms with Gasteiger partial charge in [0.05, 0.1) is 0 Å². The molecule has 0 aliphatic heterocycles. The van der Waals surface area contributed by atoms with E-state index in [0.717, 1.165) is 0 Å². The van der Waals surface area contributed by atoms with E-state index in [2.05, 4.69) is 0 Å². The summed E-state index contributed by atoms with van der Waals surface area (Å²) in [6.07, 6.45) is 0. The van der Waals surface area contributed by atoms with Crippen LogP contribution in [0.5, 0.6) is 0 Å². The molecular weight excluding hydrogens is 323 g/mol. The van der Waals surface area contributed by atoms with Crippen molar-refractivity contribution in [1.82, 2.24) is 0 Å². The van der Waals surface area contributed by atoms with Gasteiger partial charge in [-0.1, -0.05) is 0 Å². The van der Waals surface area contributed by atoms with Crippen LogP contribution in [0.1, 0.15) is 1.43 Å². The molecule has 0 N–H and O–H groups in total. The number of rotatable bonds is 0. The first-order valence-corrected chi connectivity index (χ1v) is 0. The third-order valence-corrected chi connectivity index (χ3v) is 0. The smallest absolute Gasteiger partial charge is 1.00 e. The van der Waals surface area contributed by atoms with Crippen LogP contribution in [0.15, 0.2) is 0 Å². The fourth-order valence-corrected chi connectivity index (χ4v) is 0. The van der Waals surface area contributed by atoms with Crippen molar-refractivity contribution in [2.24, 2.45) is 0 Å². The maximum Gasteiger partial charge on any atom is 1.00 e. The molecule has 0 bridgehead atoms. The van der Waals surface area contributed by atoms with Crippen molar-refractivity contribution in [3.63, 3.8) is 0 Å². The van der Waals surface area contributed by atoms with Gasteiger partial charge < -0.3 is 1.43 Å². The van der Waals surface area contributed by atoms with Gasteiger partial charge in [0.1, 0.15) is 0 Å². The zero-order valence-corrected chi connectivity index (χ0v) is 5.62. The molecule has 0 heterocycles. The summed E-state index contributed by atoms with van der Waals surface area (Å²) in [5, 5.41) is 0. The van der Waals surface area contributed by atoms with Crippen LogP contribution < -0.4 is 29.6 Å². The van der Waals surface area contributed by atoms with Crippen molar-refractivity contribution >= 4 is 37.4 Å². The van der Waals surface area contributed by atoms with Crippen molar-refractivity contribution in [2.45, 2.75) is 0 Å². The first-order chi connectivity index (χ1) is 0. The molecular formula is H8GaGdGeNa. The minimum absolute atomic E-state index is 0. The molecule has 0 amide bonds. The molecule has 0 aromatic heterocycles. The molecule has 0 saturated heterocycles. The van der Waals surface area contributed by atoms with Gasteiger partial charge in [0.15, 0.2) is 0 Å². The molecule has 0 rings (SSSR count). The van der Waals surface area contributed by atoms with Crippen LogP contribution in [-0.4, -0.2) is 37.4 Å². The van der Waals surface area contributed by atoms with Gasteiger partial charge in [0.25, 0.3) is 0 Å². The van der Waals surface area contributed by atoms with E-state index in [-0.39, 0.29) is 108 Å². The third kappa shape index (κ3) is 9.09. The Bertz CT molecular complexity index is 11.6. The normalized spacial score (nSPS) is 0. The molecule has 0 unspecified atom stereocenters. The minimum Gasteiger partial charge on any atom is -1.00 e. The summed E-state index contributed by atoms with van der Waals surface area (Å²) < 4.78 is 0. The predicted molar refractivity (Wildman–Crippen MR) is 22.4 cm³/mol. The van der Waals surface area contributed by atoms with E-state index in [4.69, 9.17) is 0 Å². The molecule has 0 aromatic carbocycles. The van der Waals surface area contributed by atoms with Gasteiger partial charge in [-0.3, -0.25) is 0 Å². The molecule has 0 fully saturated rings. The van der Waals surface area contributed by atoms with Crippen LogP contribution in [0.4, 0.5) is 0 Å². The van der Waals surface area contributed by atoms with Crippen LogP contribution in [-0.2, 0) is 0 Å². The molecule has 0 nitrogen and oxygen atoms in total. The van der Waals surface area contributed by atoms with Gasteiger partial charge in [-0.05, 0) is 0 Å². The van der Waals surface area contributed by atoms with Crippen molar-refractivity contribution < 1.29 is 70.9 Å². The summed E-state index contributed by atoms with van der Waals surface area (Å²) in [6, 6.07) is 0. The van der Waals surface area contributed by atoms with Gasteiger partial charge in [0.2, 0.25) is 0 Å². The molecule has 0 aliphatic carbocycles. The fourth-order valence-electron chi connectivity index (χ4n) is 0. The van der Waals surface area contributed by atoms with Crippen LogP contribution in [0, 0.1) is 39.9 Å². The fraction of sp³-hybridized carbons (Fsp3) is 0. The molecule has 0 radical (unpaired) electrons. The largest absolute Gasteiger partial charge is 1.00 e. The average Bonchev–Trinajstić information content (AvgIpc) is 0. The first kappa shape index (κ1) is 25.9. The Balaban J connectivity index is 0. The summed E-state index contributed by atoms with van der Waals surface area (Å²) in [5.74, 6) is 0. The van der Waals surface area contributed by atoms with Gasteiger partial charge >= 0.3 is 66.9 Å². The van der Waals surface area contributed by atoms with Crippen molar-refractivity contribution in [2.75, 3.05) is 0 Å². The summed E-state index contributed by atoms with van der Waals surface area (Å²) in [5.41, 5.74) is 0. The Hall–Kier alpha value is 3.50. The van der Waals surface area contributed by atoms with E-state index >= 15 is 0 Å². The van der Waals surface area contributed by atoms with Gasteiger partial charge in [0, 0.05) is 39.9 Å². The predicted octanol–water partition coefficient (Wildman–Crippen LogP) is -5.52. The van der Waals surface area contributed by atoms with Crippen molar-refractivity contribution in [3.05, 3.63) is 0 Å². The second-order valence-electron chi connectivity index (χ2n) is 0. The van der Waals surface area contributed by atoms with Crippen LogP contribution >= 0.6 is 0 Å². The minimum atomic E-state index is 0. The summed E-state index contributed by atoms with van der Waals surface area (Å²) >= 11 is 0. The van der Waals surface area contributed by atoms with E-state index < -0.39 is 0 Å². The third-order valence-electron chi connectivity index (χ3n) is 0. The summed E-state index contributed by atoms with van der Waals surface area (Å²) in [7, 11) is 0. The Morgan fingerprint density at radius 2 is 1.25 bits per heavy atom. The Morgan fingerprint density at radius 1 is 1.25 bits per heavy atom. The maximum absolute atomic E-state index is 0. The molecule has 0 spiro atoms. The zero-order chi connectivity index (χ0) is 0. The molecule has 0 saturated carbocycles. The van der Waals surface area contributed by atoms with Crippen LogP contribution in [0.25, 0.3) is 0 Å². The van der Waals surface area contributed by atoms with E-state index in [9.17, 15) is 0 Å². The molecule has 0 aromatic rings. The van der Waals surface area contributed by atoms with Gasteiger partial charge in [-0.15, -0.1) is 0 Å². The molecule has 4 heteroatoms. The molecule has 4 heavy (non-hydrogen) atoms. The molecule has 24 valence electrons. The van der Waals surface area contributed by atoms with Crippen LogP contribution in [0.2, 0.25) is 0 Å². The monoisotopic (exact) mass is 332 g/mol. The molecule has 0 atom stereocenters. The average molecular weight is 331 g/mol. The Morgan fingerprint density at radius 3 is 1.25 bits per heavy atom. The molecule has 0 aliphatic rings. The van der Waals surface area contributed by atoms with E-state index in [1.54, 1.807) is 0 Å². The van der Waals surface area contributed by atoms with Gasteiger partial charge in [-0.25, -0.2) is 0 Å². The van der Waals surface area contributed by atoms with E-state index in [1.165, 1.54) is 0 Å².